The number of thioether (sulfide) groups is 1. The summed E-state index contributed by atoms with van der Waals surface area (Å²) in [6.45, 7) is 14.1. The van der Waals surface area contributed by atoms with Crippen molar-refractivity contribution in [2.45, 2.75) is 97.1 Å². The lowest BCUT2D eigenvalue weighted by Crippen LogP contribution is -2.71. The smallest absolute Gasteiger partial charge is 0.407 e. The number of carbonyl (C=O) groups is 7. The Kier molecular flexibility index (Phi) is 15.5. The summed E-state index contributed by atoms with van der Waals surface area (Å²) >= 11 is 1.99. The number of rotatable bonds is 13. The first-order chi connectivity index (χ1) is 27.6. The average Bonchev–Trinajstić information content (AvgIpc) is 3.64. The van der Waals surface area contributed by atoms with E-state index in [2.05, 4.69) is 35.8 Å². The number of aliphatic carboxylic acids is 2. The first-order valence-corrected chi connectivity index (χ1v) is 19.8. The Morgan fingerprint density at radius 2 is 1.63 bits per heavy atom. The van der Waals surface area contributed by atoms with Gasteiger partial charge < -0.3 is 56.7 Å². The van der Waals surface area contributed by atoms with Crippen molar-refractivity contribution in [1.82, 2.24) is 34.9 Å². The van der Waals surface area contributed by atoms with Gasteiger partial charge in [-0.2, -0.15) is 9.36 Å². The maximum atomic E-state index is 13.6. The number of nitrogens with two attached hydrogens (primary N) is 2. The molecule has 5 amide bonds. The number of β-lactam (4-membered cyclic amide) rings is 1. The number of carboxylic acid groups (broad SMARTS) is 2. The molecule has 1 fully saturated rings. The monoisotopic (exact) mass is 882 g/mol. The Hall–Kier alpha value is -6.18. The maximum Gasteiger partial charge on any atom is 0.407 e. The zero-order chi connectivity index (χ0) is 45.5. The highest BCUT2D eigenvalue weighted by molar-refractivity contribution is 8.00. The fourth-order valence-electron chi connectivity index (χ4n) is 5.01. The molecule has 330 valence electrons. The van der Waals surface area contributed by atoms with Gasteiger partial charge in [0.05, 0.1) is 7.05 Å². The summed E-state index contributed by atoms with van der Waals surface area (Å²) in [7, 11) is 1.60. The molecule has 1 saturated heterocycles. The number of fused-ring (bicyclic) bond motifs is 1. The second-order valence-electron chi connectivity index (χ2n) is 15.5. The molecular weight excluding hydrogens is 833 g/mol. The molecule has 0 spiro atoms. The molecule has 26 heteroatoms. The number of esters is 1. The van der Waals surface area contributed by atoms with Gasteiger partial charge in [-0.3, -0.25) is 19.8 Å². The first-order valence-electron chi connectivity index (χ1n) is 18.0. The van der Waals surface area contributed by atoms with E-state index in [4.69, 9.17) is 35.7 Å². The van der Waals surface area contributed by atoms with Crippen LogP contribution in [0.5, 0.6) is 0 Å². The minimum atomic E-state index is -1.65. The van der Waals surface area contributed by atoms with Gasteiger partial charge >= 0.3 is 24.1 Å². The number of nitrogen functional groups attached to an aromatic ring is 2. The van der Waals surface area contributed by atoms with E-state index in [9.17, 15) is 33.9 Å². The predicted molar refractivity (Wildman–Crippen MR) is 214 cm³/mol. The van der Waals surface area contributed by atoms with E-state index in [0.29, 0.717) is 5.57 Å². The lowest BCUT2D eigenvalue weighted by atomic mass is 10.0. The van der Waals surface area contributed by atoms with Gasteiger partial charge in [0, 0.05) is 41.9 Å². The van der Waals surface area contributed by atoms with Crippen molar-refractivity contribution < 1.29 is 62.8 Å². The quantitative estimate of drug-likeness (QED) is 0.0317. The van der Waals surface area contributed by atoms with Gasteiger partial charge in [0.15, 0.2) is 23.2 Å². The van der Waals surface area contributed by atoms with E-state index in [-0.39, 0.29) is 53.5 Å². The minimum absolute atomic E-state index is 0.0121. The largest absolute Gasteiger partial charge is 0.550 e. The second kappa shape index (κ2) is 19.3. The van der Waals surface area contributed by atoms with Crippen molar-refractivity contribution in [1.29, 1.82) is 0 Å². The Labute approximate surface area is 352 Å². The van der Waals surface area contributed by atoms with Crippen molar-refractivity contribution in [3.63, 3.8) is 0 Å². The third-order valence-electron chi connectivity index (χ3n) is 7.63. The summed E-state index contributed by atoms with van der Waals surface area (Å²) in [5, 5.41) is 32.5. The fourth-order valence-corrected chi connectivity index (χ4v) is 6.78. The number of anilines is 3. The number of hydrogen-bond donors (Lipinski definition) is 7. The van der Waals surface area contributed by atoms with Crippen LogP contribution in [0.2, 0.25) is 0 Å². The molecule has 0 radical (unpaired) electrons. The van der Waals surface area contributed by atoms with Gasteiger partial charge in [0.1, 0.15) is 28.3 Å². The molecule has 0 bridgehead atoms. The van der Waals surface area contributed by atoms with Crippen LogP contribution in [0.25, 0.3) is 0 Å². The molecule has 2 aliphatic heterocycles. The van der Waals surface area contributed by atoms with Crippen LogP contribution in [0, 0.1) is 0 Å². The summed E-state index contributed by atoms with van der Waals surface area (Å²) in [6.07, 6.45) is 0.877. The first kappa shape index (κ1) is 48.2. The molecule has 0 aromatic carbocycles. The van der Waals surface area contributed by atoms with Crippen LogP contribution in [0.15, 0.2) is 22.6 Å². The molecule has 0 aliphatic carbocycles. The normalized spacial score (nSPS) is 16.6. The van der Waals surface area contributed by atoms with Crippen LogP contribution >= 0.6 is 23.3 Å². The van der Waals surface area contributed by atoms with Gasteiger partial charge in [-0.1, -0.05) is 5.16 Å². The highest BCUT2D eigenvalue weighted by atomic mass is 32.2. The molecule has 2 atom stereocenters. The number of carbonyl (C=O) groups excluding carboxylic acids is 6. The molecule has 9 N–H and O–H groups in total. The third-order valence-corrected chi connectivity index (χ3v) is 9.51. The molecule has 60 heavy (non-hydrogen) atoms. The van der Waals surface area contributed by atoms with E-state index in [0.717, 1.165) is 23.4 Å². The van der Waals surface area contributed by atoms with Crippen LogP contribution in [0.4, 0.5) is 26.2 Å². The van der Waals surface area contributed by atoms with Crippen LogP contribution in [-0.2, 0) is 51.9 Å². The van der Waals surface area contributed by atoms with Crippen LogP contribution in [-0.4, -0.2) is 119 Å². The van der Waals surface area contributed by atoms with Gasteiger partial charge in [-0.25, -0.2) is 19.2 Å². The van der Waals surface area contributed by atoms with Gasteiger partial charge in [0.2, 0.25) is 23.3 Å². The van der Waals surface area contributed by atoms with E-state index < -0.39 is 75.8 Å². The highest BCUT2D eigenvalue weighted by Crippen LogP contribution is 2.40. The number of hydrogen-bond acceptors (Lipinski definition) is 18. The molecule has 2 aliphatic rings. The molecule has 0 unspecified atom stereocenters. The number of carboxylic acids is 2. The fraction of sp³-hybridized carbons (Fsp3) is 0.559. The van der Waals surface area contributed by atoms with Crippen LogP contribution < -0.4 is 42.5 Å². The molecule has 24 nitrogen and oxygen atoms in total. The number of amides is 5. The summed E-state index contributed by atoms with van der Waals surface area (Å²) in [6, 6.07) is -1.78. The van der Waals surface area contributed by atoms with Crippen molar-refractivity contribution in [2.75, 3.05) is 35.6 Å². The average molecular weight is 883 g/mol. The molecule has 4 rings (SSSR count). The summed E-state index contributed by atoms with van der Waals surface area (Å²) in [4.78, 5) is 96.1. The van der Waals surface area contributed by atoms with E-state index in [1.807, 2.05) is 0 Å². The molecule has 0 saturated carbocycles. The second-order valence-corrected chi connectivity index (χ2v) is 17.4. The number of nitrogens with one attached hydrogen (secondary N) is 4. The van der Waals surface area contributed by atoms with E-state index in [1.54, 1.807) is 53.3 Å². The predicted octanol–water partition coefficient (Wildman–Crippen LogP) is -0.989. The molecule has 2 aromatic rings. The third kappa shape index (κ3) is 13.2. The van der Waals surface area contributed by atoms with E-state index in [1.165, 1.54) is 36.5 Å². The zero-order valence-corrected chi connectivity index (χ0v) is 36.3. The number of oxime groups is 1. The van der Waals surface area contributed by atoms with Crippen molar-refractivity contribution in [3.05, 3.63) is 23.3 Å². The van der Waals surface area contributed by atoms with Crippen LogP contribution in [0.1, 0.15) is 68.1 Å². The topological polar surface area (TPSA) is 341 Å². The van der Waals surface area contributed by atoms with Crippen molar-refractivity contribution >= 4 is 87.5 Å². The molecule has 4 heterocycles. The van der Waals surface area contributed by atoms with Crippen molar-refractivity contribution in [3.8, 4) is 0 Å². The number of alkyl carbamates (subject to hydrolysis) is 1. The summed E-state index contributed by atoms with van der Waals surface area (Å²) < 4.78 is 17.6. The van der Waals surface area contributed by atoms with Crippen LogP contribution in [0.3, 0.4) is 0 Å². The Bertz CT molecular complexity index is 2060. The Balaban J connectivity index is 0.00000229. The number of nitrogens with zero attached hydrogens (tertiary/aromatic N) is 6. The minimum Gasteiger partial charge on any atom is -0.550 e. The Morgan fingerprint density at radius 3 is 2.18 bits per heavy atom. The summed E-state index contributed by atoms with van der Waals surface area (Å²) in [5.74, 6) is -4.78. The zero-order valence-electron chi connectivity index (χ0n) is 34.7. The SMILES string of the molecule is CC(=O)[O-].Cn1c(N)c(NC(=O)NCCNC(=O)OC(C)(C)C)c[n+]1CC1=C(C(=O)O)N2C(=O)[C@@H](NC(=O)/C(=N\OC(C)(C)C(=O)OC(C)(C)C)c3nsc(N)n3)[C@H]2SC1. The lowest BCUT2D eigenvalue weighted by molar-refractivity contribution is -0.765. The number of aromatic nitrogens is 4. The number of ether oxygens (including phenoxy) is 2. The van der Waals surface area contributed by atoms with Gasteiger partial charge in [-0.05, 0) is 62.3 Å². The molecule has 2 aromatic heterocycles. The van der Waals surface area contributed by atoms with Crippen molar-refractivity contribution in [2.24, 2.45) is 12.2 Å². The summed E-state index contributed by atoms with van der Waals surface area (Å²) in [5.41, 5.74) is 8.64. The molecular formula is C34H50N12O12S2. The van der Waals surface area contributed by atoms with E-state index >= 15 is 0 Å². The highest BCUT2D eigenvalue weighted by Gasteiger charge is 2.55. The number of urea groups is 1. The maximum absolute atomic E-state index is 13.6. The van der Waals surface area contributed by atoms with Gasteiger partial charge in [-0.15, -0.1) is 21.1 Å². The lowest BCUT2D eigenvalue weighted by Gasteiger charge is -2.49. The Morgan fingerprint density at radius 1 is 1.03 bits per heavy atom. The van der Waals surface area contributed by atoms with Gasteiger partial charge in [0.25, 0.3) is 11.8 Å². The standard InChI is InChI=1S/C32H46N12O10S2.C2H4O2/c1-30(2,3)52-26(49)32(7,8)54-40-17(21-39-27(34)56-41-21)22(45)38-18-23(46)44-19(25(47)48)15(14-55-24(18)44)12-43-13-16(20(33)42(43)9)37-28(50)35-10-11-36-29(51)53-31(4,5)6;1-2(3)4/h13,18,24,33H,10-12,14H2,1-9H3,(H7,34,35,36,37,38,39,41,45,47,48,50,51);1H3,(H,3,4)/b40-17-;/t18-,24-;/m1./s1.